The highest BCUT2D eigenvalue weighted by Gasteiger charge is 2.45. The normalized spacial score (nSPS) is 19.2. The van der Waals surface area contributed by atoms with Crippen molar-refractivity contribution in [3.63, 3.8) is 0 Å². The van der Waals surface area contributed by atoms with Crippen LogP contribution in [0.2, 0.25) is 0 Å². The van der Waals surface area contributed by atoms with Gasteiger partial charge < -0.3 is 19.1 Å². The molecule has 5 rings (SSSR count). The molecule has 2 aromatic heterocycles. The van der Waals surface area contributed by atoms with Crippen LogP contribution in [0, 0.1) is 0 Å². The van der Waals surface area contributed by atoms with Crippen LogP contribution in [0.4, 0.5) is 4.39 Å². The monoisotopic (exact) mass is 409 g/mol. The first-order valence-electron chi connectivity index (χ1n) is 9.76. The van der Waals surface area contributed by atoms with Gasteiger partial charge in [0.05, 0.1) is 29.0 Å². The molecule has 0 bridgehead atoms. The Morgan fingerprint density at radius 3 is 2.90 bits per heavy atom. The van der Waals surface area contributed by atoms with E-state index in [1.807, 2.05) is 6.07 Å². The molecule has 2 aliphatic rings. The zero-order valence-electron chi connectivity index (χ0n) is 16.3. The Morgan fingerprint density at radius 2 is 2.13 bits per heavy atom. The first-order chi connectivity index (χ1) is 14.5. The van der Waals surface area contributed by atoms with Crippen LogP contribution in [-0.4, -0.2) is 33.9 Å². The standard InChI is InChI=1S/C22H19FN2O5/c1-2-22(28)16-9-18-19-13(10-25(18)20(26)15(16)11-30-21(22)27)7-12-8-14(29-6-5-23)3-4-17(12)24-19/h3-4,7-9,28H,2,5-6,10-11H2,1H3/t22-/m0/s1/i23-1. The lowest BCUT2D eigenvalue weighted by atomic mass is 9.86. The number of cyclic esters (lactones) is 1. The summed E-state index contributed by atoms with van der Waals surface area (Å²) in [5.41, 5.74) is 1.19. The molecular formula is C22H19FN2O5. The summed E-state index contributed by atoms with van der Waals surface area (Å²) in [5, 5.41) is 11.7. The lowest BCUT2D eigenvalue weighted by Gasteiger charge is -2.31. The average Bonchev–Trinajstić information content (AvgIpc) is 3.11. The summed E-state index contributed by atoms with van der Waals surface area (Å²) in [4.78, 5) is 30.1. The van der Waals surface area contributed by atoms with Gasteiger partial charge in [0.25, 0.3) is 5.56 Å². The summed E-state index contributed by atoms with van der Waals surface area (Å²) in [6.07, 6.45) is 0.0986. The van der Waals surface area contributed by atoms with E-state index < -0.39 is 18.2 Å². The van der Waals surface area contributed by atoms with Crippen LogP contribution in [-0.2, 0) is 28.3 Å². The summed E-state index contributed by atoms with van der Waals surface area (Å²) < 4.78 is 24.4. The van der Waals surface area contributed by atoms with Crippen LogP contribution < -0.4 is 10.3 Å². The lowest BCUT2D eigenvalue weighted by molar-refractivity contribution is -0.172. The molecule has 0 fully saturated rings. The lowest BCUT2D eigenvalue weighted by Crippen LogP contribution is -2.44. The van der Waals surface area contributed by atoms with Crippen molar-refractivity contribution in [3.8, 4) is 17.1 Å². The molecule has 4 heterocycles. The van der Waals surface area contributed by atoms with Crippen LogP contribution in [0.1, 0.15) is 30.0 Å². The number of ether oxygens (including phenoxy) is 2. The zero-order valence-corrected chi connectivity index (χ0v) is 16.3. The maximum absolute atomic E-state index is 13.1. The van der Waals surface area contributed by atoms with E-state index in [1.165, 1.54) is 0 Å². The molecule has 8 heteroatoms. The molecule has 0 amide bonds. The van der Waals surface area contributed by atoms with Gasteiger partial charge in [-0.05, 0) is 36.8 Å². The highest BCUT2D eigenvalue weighted by Crippen LogP contribution is 2.38. The van der Waals surface area contributed by atoms with E-state index in [-0.39, 0.29) is 25.2 Å². The molecule has 0 aliphatic carbocycles. The molecular weight excluding hydrogens is 390 g/mol. The molecule has 0 radical (unpaired) electrons. The van der Waals surface area contributed by atoms with Crippen molar-refractivity contribution >= 4 is 16.9 Å². The van der Waals surface area contributed by atoms with Gasteiger partial charge in [-0.25, -0.2) is 14.2 Å². The highest BCUT2D eigenvalue weighted by molar-refractivity contribution is 5.87. The number of aliphatic hydroxyl groups is 1. The number of aromatic nitrogens is 2. The van der Waals surface area contributed by atoms with E-state index in [4.69, 9.17) is 14.5 Å². The molecule has 0 saturated heterocycles. The summed E-state index contributed by atoms with van der Waals surface area (Å²) in [7, 11) is 0. The zero-order chi connectivity index (χ0) is 21.0. The fourth-order valence-corrected chi connectivity index (χ4v) is 4.21. The number of fused-ring (bicyclic) bond motifs is 5. The first kappa shape index (κ1) is 18.7. The van der Waals surface area contributed by atoms with Crippen LogP contribution in [0.3, 0.4) is 0 Å². The van der Waals surface area contributed by atoms with Crippen LogP contribution in [0.15, 0.2) is 35.1 Å². The van der Waals surface area contributed by atoms with Gasteiger partial charge in [0.15, 0.2) is 5.60 Å². The van der Waals surface area contributed by atoms with Crippen molar-refractivity contribution in [3.05, 3.63) is 57.4 Å². The number of carbonyl (C=O) groups is 1. The van der Waals surface area contributed by atoms with Gasteiger partial charge in [-0.2, -0.15) is 0 Å². The number of carbonyl (C=O) groups excluding carboxylic acids is 1. The second kappa shape index (κ2) is 6.63. The van der Waals surface area contributed by atoms with Gasteiger partial charge >= 0.3 is 5.97 Å². The molecule has 0 saturated carbocycles. The second-order valence-electron chi connectivity index (χ2n) is 7.49. The highest BCUT2D eigenvalue weighted by atomic mass is 18.2. The number of benzene rings is 1. The summed E-state index contributed by atoms with van der Waals surface area (Å²) >= 11 is 0. The van der Waals surface area contributed by atoms with Gasteiger partial charge in [0, 0.05) is 16.5 Å². The van der Waals surface area contributed by atoms with Gasteiger partial charge in [-0.3, -0.25) is 4.79 Å². The fraction of sp³-hybridized carbons (Fsp3) is 0.318. The third-order valence-electron chi connectivity index (χ3n) is 5.82. The van der Waals surface area contributed by atoms with E-state index in [0.717, 1.165) is 10.9 Å². The molecule has 1 aromatic carbocycles. The number of esters is 1. The predicted octanol–water partition coefficient (Wildman–Crippen LogP) is 2.43. The van der Waals surface area contributed by atoms with Crippen molar-refractivity contribution < 1.29 is 23.8 Å². The average molecular weight is 409 g/mol. The number of pyridine rings is 2. The number of rotatable bonds is 4. The Bertz CT molecular complexity index is 1270. The van der Waals surface area contributed by atoms with Crippen LogP contribution in [0.25, 0.3) is 22.3 Å². The Labute approximate surface area is 170 Å². The number of halogens is 1. The fourth-order valence-electron chi connectivity index (χ4n) is 4.21. The Hall–Kier alpha value is -3.26. The quantitative estimate of drug-likeness (QED) is 0.521. The number of nitrogens with zero attached hydrogens (tertiary/aromatic N) is 2. The second-order valence-corrected chi connectivity index (χ2v) is 7.49. The molecule has 1 atom stereocenters. The van der Waals surface area contributed by atoms with Crippen molar-refractivity contribution in [2.45, 2.75) is 32.1 Å². The topological polar surface area (TPSA) is 90.7 Å². The van der Waals surface area contributed by atoms with E-state index in [1.54, 1.807) is 35.8 Å². The Balaban J connectivity index is 1.67. The van der Waals surface area contributed by atoms with Gasteiger partial charge in [-0.1, -0.05) is 6.92 Å². The molecule has 154 valence electrons. The van der Waals surface area contributed by atoms with E-state index >= 15 is 0 Å². The number of hydrogen-bond acceptors (Lipinski definition) is 6. The van der Waals surface area contributed by atoms with Gasteiger partial charge in [-0.15, -0.1) is 0 Å². The molecule has 7 nitrogen and oxygen atoms in total. The van der Waals surface area contributed by atoms with Crippen molar-refractivity contribution in [1.82, 2.24) is 9.55 Å². The minimum atomic E-state index is -1.84. The number of alkyl halides is 1. The first-order valence-corrected chi connectivity index (χ1v) is 9.76. The van der Waals surface area contributed by atoms with Crippen molar-refractivity contribution in [2.75, 3.05) is 13.3 Å². The smallest absolute Gasteiger partial charge is 0.343 e. The molecule has 0 unspecified atom stereocenters. The van der Waals surface area contributed by atoms with Crippen molar-refractivity contribution in [1.29, 1.82) is 0 Å². The minimum absolute atomic E-state index is 0.0165. The minimum Gasteiger partial charge on any atom is -0.491 e. The third kappa shape index (κ3) is 2.56. The Morgan fingerprint density at radius 1 is 1.30 bits per heavy atom. The van der Waals surface area contributed by atoms with E-state index in [0.29, 0.717) is 40.3 Å². The van der Waals surface area contributed by atoms with Crippen LogP contribution >= 0.6 is 0 Å². The maximum Gasteiger partial charge on any atom is 0.343 e. The summed E-state index contributed by atoms with van der Waals surface area (Å²) in [6, 6.07) is 8.90. The molecule has 0 spiro atoms. The molecule has 30 heavy (non-hydrogen) atoms. The molecule has 2 aliphatic heterocycles. The largest absolute Gasteiger partial charge is 0.491 e. The van der Waals surface area contributed by atoms with E-state index in [2.05, 4.69) is 0 Å². The Kier molecular flexibility index (Phi) is 4.14. The van der Waals surface area contributed by atoms with Gasteiger partial charge in [0.2, 0.25) is 0 Å². The molecule has 1 N–H and O–H groups in total. The maximum atomic E-state index is 13.1. The molecule has 3 aromatic rings. The van der Waals surface area contributed by atoms with Gasteiger partial charge in [0.1, 0.15) is 25.6 Å². The third-order valence-corrected chi connectivity index (χ3v) is 5.82. The summed E-state index contributed by atoms with van der Waals surface area (Å²) in [6.45, 7) is 1.25. The van der Waals surface area contributed by atoms with Crippen molar-refractivity contribution in [2.24, 2.45) is 0 Å². The van der Waals surface area contributed by atoms with Crippen LogP contribution in [0.5, 0.6) is 5.75 Å². The summed E-state index contributed by atoms with van der Waals surface area (Å²) in [5.74, 6) is -0.193. The SMILES string of the molecule is CC[C@@]1(O)C(=O)OCc2c1cc1n(c2=O)Cc2cc3cc(OCC[18F])ccc3nc2-1. The van der Waals surface area contributed by atoms with E-state index in [9.17, 15) is 19.1 Å². The predicted molar refractivity (Wildman–Crippen MR) is 106 cm³/mol. The number of hydrogen-bond donors (Lipinski definition) is 1.